The first-order chi connectivity index (χ1) is 32.3. The van der Waals surface area contributed by atoms with Crippen molar-refractivity contribution in [2.45, 2.75) is 52.0 Å². The molecular weight excluding hydrogens is 947 g/mol. The highest BCUT2D eigenvalue weighted by Crippen LogP contribution is 2.36. The van der Waals surface area contributed by atoms with Crippen molar-refractivity contribution in [3.05, 3.63) is 194 Å². The molecule has 1 saturated heterocycles. The second kappa shape index (κ2) is 20.6. The second-order valence-electron chi connectivity index (χ2n) is 16.4. The van der Waals surface area contributed by atoms with Crippen molar-refractivity contribution >= 4 is 40.1 Å². The highest BCUT2D eigenvalue weighted by atomic mass is 79.9. The lowest BCUT2D eigenvalue weighted by atomic mass is 9.78. The molecule has 0 unspecified atom stereocenters. The third-order valence-corrected chi connectivity index (χ3v) is 11.1. The third kappa shape index (κ3) is 12.3. The molecule has 1 fully saturated rings. The predicted molar refractivity (Wildman–Crippen MR) is 254 cm³/mol. The van der Waals surface area contributed by atoms with Gasteiger partial charge < -0.3 is 20.8 Å². The van der Waals surface area contributed by atoms with E-state index in [1.165, 1.54) is 70.3 Å². The number of nitrogens with two attached hydrogens (primary N) is 2. The summed E-state index contributed by atoms with van der Waals surface area (Å²) >= 11 is 3.12. The zero-order valence-corrected chi connectivity index (χ0v) is 38.5. The van der Waals surface area contributed by atoms with Crippen LogP contribution in [-0.2, 0) is 22.4 Å². The molecule has 5 heterocycles. The lowest BCUT2D eigenvalue weighted by Crippen LogP contribution is -2.41. The molecule has 346 valence electrons. The van der Waals surface area contributed by atoms with E-state index >= 15 is 0 Å². The lowest BCUT2D eigenvalue weighted by molar-refractivity contribution is 0.00578. The Labute approximate surface area is 396 Å². The topological polar surface area (TPSA) is 192 Å². The molecule has 4 aromatic carbocycles. The fraction of sp³-hybridized carbons (Fsp3) is 0.167. The molecule has 0 amide bonds. The summed E-state index contributed by atoms with van der Waals surface area (Å²) in [4.78, 5) is 40.4. The van der Waals surface area contributed by atoms with Gasteiger partial charge in [-0.15, -0.1) is 0 Å². The number of aromatic nitrogens is 8. The maximum atomic E-state index is 13.6. The number of nitrogen functional groups attached to an aromatic ring is 2. The van der Waals surface area contributed by atoms with E-state index in [2.05, 4.69) is 46.1 Å². The van der Waals surface area contributed by atoms with Crippen LogP contribution in [0.1, 0.15) is 38.8 Å². The first-order valence-corrected chi connectivity index (χ1v) is 21.5. The number of hydrogen-bond acceptors (Lipinski definition) is 12. The second-order valence-corrected chi connectivity index (χ2v) is 17.2. The molecule has 0 spiro atoms. The smallest absolute Gasteiger partial charge is 0.399 e. The maximum Gasteiger partial charge on any atom is 0.494 e. The number of hydrogen-bond donors (Lipinski definition) is 2. The molecule has 0 atom stereocenters. The van der Waals surface area contributed by atoms with Crippen LogP contribution >= 0.6 is 15.9 Å². The number of benzene rings is 4. The molecule has 14 nitrogen and oxygen atoms in total. The fourth-order valence-corrected chi connectivity index (χ4v) is 6.84. The molecule has 8 aromatic rings. The largest absolute Gasteiger partial charge is 0.494 e. The van der Waals surface area contributed by atoms with Gasteiger partial charge in [0.25, 0.3) is 11.1 Å². The van der Waals surface area contributed by atoms with Gasteiger partial charge in [-0.3, -0.25) is 14.6 Å². The van der Waals surface area contributed by atoms with Crippen molar-refractivity contribution in [2.24, 2.45) is 0 Å². The van der Waals surface area contributed by atoms with E-state index in [0.717, 1.165) is 34.3 Å². The van der Waals surface area contributed by atoms with Gasteiger partial charge in [0, 0.05) is 41.0 Å². The van der Waals surface area contributed by atoms with Gasteiger partial charge in [0.1, 0.15) is 39.5 Å². The summed E-state index contributed by atoms with van der Waals surface area (Å²) in [5.74, 6) is -2.07. The van der Waals surface area contributed by atoms with E-state index < -0.39 is 41.6 Å². The fourth-order valence-electron chi connectivity index (χ4n) is 6.64. The van der Waals surface area contributed by atoms with Crippen molar-refractivity contribution in [3.8, 4) is 33.8 Å². The summed E-state index contributed by atoms with van der Waals surface area (Å²) in [6.07, 6.45) is 6.08. The molecule has 4 N–H and O–H groups in total. The SMILES string of the molecule is CC1(C)OB(c2cccc(Cn3nc(-c4cc(F)cc(F)c4)ccc3=O)c2)OC1(C)C.Nc1cnc(-c2cccc(Cn3nc(-c4cc(F)cc(F)c4)ccc3=O)c2)cn1.Nc1cnc(Br)cn1. The average Bonchev–Trinajstić information content (AvgIpc) is 3.52. The van der Waals surface area contributed by atoms with Gasteiger partial charge in [-0.05, 0) is 103 Å². The third-order valence-electron chi connectivity index (χ3n) is 10.7. The first kappa shape index (κ1) is 48.5. The van der Waals surface area contributed by atoms with E-state index in [1.54, 1.807) is 12.4 Å². The van der Waals surface area contributed by atoms with Gasteiger partial charge in [0.15, 0.2) is 0 Å². The Hall–Kier alpha value is -7.42. The van der Waals surface area contributed by atoms with E-state index in [1.807, 2.05) is 76.2 Å². The minimum Gasteiger partial charge on any atom is -0.399 e. The quantitative estimate of drug-likeness (QED) is 0.112. The summed E-state index contributed by atoms with van der Waals surface area (Å²) in [5.41, 5.74) is 14.3. The van der Waals surface area contributed by atoms with Crippen LogP contribution in [0.2, 0.25) is 0 Å². The molecule has 68 heavy (non-hydrogen) atoms. The van der Waals surface area contributed by atoms with Crippen LogP contribution < -0.4 is 28.0 Å². The van der Waals surface area contributed by atoms with E-state index in [4.69, 9.17) is 20.8 Å². The van der Waals surface area contributed by atoms with Crippen molar-refractivity contribution in [3.63, 3.8) is 0 Å². The Morgan fingerprint density at radius 3 is 1.47 bits per heavy atom. The molecular formula is C48H42BBrF4N10O4. The zero-order valence-electron chi connectivity index (χ0n) is 36.9. The summed E-state index contributed by atoms with van der Waals surface area (Å²) in [6.45, 7) is 8.32. The van der Waals surface area contributed by atoms with Crippen molar-refractivity contribution in [1.29, 1.82) is 0 Å². The van der Waals surface area contributed by atoms with Gasteiger partial charge in [-0.1, -0.05) is 42.5 Å². The molecule has 0 saturated carbocycles. The van der Waals surface area contributed by atoms with E-state index in [-0.39, 0.29) is 35.3 Å². The van der Waals surface area contributed by atoms with Gasteiger partial charge in [-0.25, -0.2) is 41.9 Å². The molecule has 1 aliphatic heterocycles. The Bertz CT molecular complexity index is 3120. The first-order valence-electron chi connectivity index (χ1n) is 20.7. The van der Waals surface area contributed by atoms with Gasteiger partial charge in [0.05, 0.1) is 66.2 Å². The number of rotatable bonds is 8. The lowest BCUT2D eigenvalue weighted by Gasteiger charge is -2.32. The normalized spacial score (nSPS) is 13.5. The highest BCUT2D eigenvalue weighted by Gasteiger charge is 2.51. The van der Waals surface area contributed by atoms with Crippen LogP contribution in [0.3, 0.4) is 0 Å². The predicted octanol–water partition coefficient (Wildman–Crippen LogP) is 7.63. The monoisotopic (exact) mass is 988 g/mol. The van der Waals surface area contributed by atoms with E-state index in [9.17, 15) is 27.2 Å². The number of halogens is 5. The average molecular weight is 990 g/mol. The maximum absolute atomic E-state index is 13.6. The van der Waals surface area contributed by atoms with Crippen LogP contribution in [0.15, 0.2) is 148 Å². The Kier molecular flexibility index (Phi) is 14.7. The van der Waals surface area contributed by atoms with Crippen LogP contribution in [0.4, 0.5) is 29.2 Å². The Morgan fingerprint density at radius 1 is 0.544 bits per heavy atom. The summed E-state index contributed by atoms with van der Waals surface area (Å²) in [5, 5.41) is 8.56. The zero-order chi connectivity index (χ0) is 48.8. The van der Waals surface area contributed by atoms with Crippen LogP contribution in [0.25, 0.3) is 33.8 Å². The van der Waals surface area contributed by atoms with Crippen molar-refractivity contribution in [1.82, 2.24) is 39.5 Å². The standard InChI is InChI=1S/C23H23BF2N2O3.C21H15F2N5O.C4H4BrN3/c1-22(2)23(3,4)31-24(30-22)17-7-5-6-15(10-17)14-28-21(29)9-8-20(27-28)16-11-18(25)13-19(26)12-16;22-16-7-15(8-17(23)9-16)18-4-5-21(29)28(27-18)12-13-2-1-3-14(6-13)19-10-26-20(24)11-25-19;5-3-1-8-4(6)2-7-3/h5-13H,14H2,1-4H3;1-11H,12H2,(H2,24,26);1-2H,(H2,6,8). The van der Waals surface area contributed by atoms with Crippen LogP contribution in [0, 0.1) is 23.3 Å². The minimum atomic E-state index is -0.711. The van der Waals surface area contributed by atoms with Gasteiger partial charge in [0.2, 0.25) is 0 Å². The molecule has 0 radical (unpaired) electrons. The summed E-state index contributed by atoms with van der Waals surface area (Å²) in [6, 6.07) is 26.8. The molecule has 4 aromatic heterocycles. The van der Waals surface area contributed by atoms with Crippen LogP contribution in [-0.4, -0.2) is 57.8 Å². The summed E-state index contributed by atoms with van der Waals surface area (Å²) in [7, 11) is -0.517. The molecule has 9 rings (SSSR count). The van der Waals surface area contributed by atoms with Crippen LogP contribution in [0.5, 0.6) is 0 Å². The van der Waals surface area contributed by atoms with Crippen molar-refractivity contribution in [2.75, 3.05) is 11.5 Å². The number of nitrogens with zero attached hydrogens (tertiary/aromatic N) is 8. The van der Waals surface area contributed by atoms with Crippen molar-refractivity contribution < 1.29 is 26.9 Å². The number of anilines is 2. The van der Waals surface area contributed by atoms with Gasteiger partial charge >= 0.3 is 7.12 Å². The van der Waals surface area contributed by atoms with E-state index in [0.29, 0.717) is 33.3 Å². The molecule has 0 aliphatic carbocycles. The molecule has 20 heteroatoms. The molecule has 0 bridgehead atoms. The molecule has 1 aliphatic rings. The highest BCUT2D eigenvalue weighted by molar-refractivity contribution is 9.10. The van der Waals surface area contributed by atoms with Gasteiger partial charge in [-0.2, -0.15) is 10.2 Å². The minimum absolute atomic E-state index is 0.181. The Balaban J connectivity index is 0.000000173. The Morgan fingerprint density at radius 2 is 1.01 bits per heavy atom. The summed E-state index contributed by atoms with van der Waals surface area (Å²) < 4.78 is 69.6.